The van der Waals surface area contributed by atoms with Crippen LogP contribution in [0.4, 0.5) is 0 Å². The van der Waals surface area contributed by atoms with Crippen molar-refractivity contribution in [3.05, 3.63) is 66.0 Å². The Kier molecular flexibility index (Phi) is 3.78. The van der Waals surface area contributed by atoms with Crippen molar-refractivity contribution >= 4 is 17.5 Å². The van der Waals surface area contributed by atoms with E-state index in [4.69, 9.17) is 0 Å². The summed E-state index contributed by atoms with van der Waals surface area (Å²) in [6, 6.07) is 8.26. The van der Waals surface area contributed by atoms with Crippen LogP contribution in [0.25, 0.3) is 11.5 Å². The molecule has 0 aliphatic carbocycles. The van der Waals surface area contributed by atoms with E-state index in [1.165, 1.54) is 11.1 Å². The van der Waals surface area contributed by atoms with Crippen molar-refractivity contribution in [3.8, 4) is 5.69 Å². The molecule has 0 amide bonds. The van der Waals surface area contributed by atoms with E-state index in [2.05, 4.69) is 52.2 Å². The first kappa shape index (κ1) is 14.9. The Morgan fingerprint density at radius 2 is 2.12 bits per heavy atom. The normalized spacial score (nSPS) is 11.2. The number of imidazole rings is 1. The van der Waals surface area contributed by atoms with E-state index in [1.807, 2.05) is 27.4 Å². The van der Waals surface area contributed by atoms with Crippen molar-refractivity contribution in [1.29, 1.82) is 0 Å². The fraction of sp³-hybridized carbons (Fsp3) is 0.176. The molecule has 0 fully saturated rings. The van der Waals surface area contributed by atoms with Crippen molar-refractivity contribution in [2.75, 3.05) is 0 Å². The average Bonchev–Trinajstić information content (AvgIpc) is 3.19. The summed E-state index contributed by atoms with van der Waals surface area (Å²) in [6.45, 7) is 4.20. The Bertz CT molecular complexity index is 970. The number of hydrogen-bond acceptors (Lipinski definition) is 5. The van der Waals surface area contributed by atoms with Crippen LogP contribution in [0.15, 0.2) is 54.3 Å². The molecule has 1 aromatic carbocycles. The molecule has 24 heavy (non-hydrogen) atoms. The van der Waals surface area contributed by atoms with Crippen molar-refractivity contribution in [1.82, 2.24) is 29.1 Å². The molecular formula is C17H16N6S. The molecule has 3 heterocycles. The van der Waals surface area contributed by atoms with Crippen LogP contribution in [0.1, 0.15) is 16.8 Å². The molecule has 0 spiro atoms. The van der Waals surface area contributed by atoms with Crippen LogP contribution in [0.5, 0.6) is 0 Å². The van der Waals surface area contributed by atoms with E-state index < -0.39 is 0 Å². The van der Waals surface area contributed by atoms with Crippen LogP contribution in [0.3, 0.4) is 0 Å². The molecule has 4 aromatic rings. The predicted molar refractivity (Wildman–Crippen MR) is 93.4 cm³/mol. The fourth-order valence-corrected chi connectivity index (χ4v) is 3.46. The second-order valence-electron chi connectivity index (χ2n) is 5.62. The number of fused-ring (bicyclic) bond motifs is 1. The van der Waals surface area contributed by atoms with Crippen molar-refractivity contribution < 1.29 is 0 Å². The molecule has 0 saturated heterocycles. The molecule has 0 bridgehead atoms. The van der Waals surface area contributed by atoms with Gasteiger partial charge in [0.2, 0.25) is 5.78 Å². The lowest BCUT2D eigenvalue weighted by Crippen LogP contribution is -1.98. The highest BCUT2D eigenvalue weighted by Crippen LogP contribution is 2.25. The third kappa shape index (κ3) is 2.78. The van der Waals surface area contributed by atoms with Gasteiger partial charge in [0.05, 0.1) is 11.4 Å². The summed E-state index contributed by atoms with van der Waals surface area (Å²) in [5.74, 6) is 1.43. The van der Waals surface area contributed by atoms with Gasteiger partial charge in [-0.3, -0.25) is 8.97 Å². The van der Waals surface area contributed by atoms with Crippen LogP contribution in [0, 0.1) is 13.8 Å². The van der Waals surface area contributed by atoms with Gasteiger partial charge >= 0.3 is 0 Å². The molecule has 0 radical (unpaired) electrons. The van der Waals surface area contributed by atoms with Crippen molar-refractivity contribution in [2.45, 2.75) is 24.8 Å². The Labute approximate surface area is 143 Å². The Morgan fingerprint density at radius 1 is 1.21 bits per heavy atom. The number of aromatic nitrogens is 6. The molecule has 3 aromatic heterocycles. The summed E-state index contributed by atoms with van der Waals surface area (Å²) in [6.07, 6.45) is 7.44. The molecular weight excluding hydrogens is 320 g/mol. The van der Waals surface area contributed by atoms with E-state index in [1.54, 1.807) is 24.3 Å². The first-order valence-corrected chi connectivity index (χ1v) is 8.58. The monoisotopic (exact) mass is 336 g/mol. The average molecular weight is 336 g/mol. The molecule has 4 rings (SSSR count). The van der Waals surface area contributed by atoms with Gasteiger partial charge in [-0.05, 0) is 31.5 Å². The molecule has 0 unspecified atom stereocenters. The van der Waals surface area contributed by atoms with E-state index in [-0.39, 0.29) is 0 Å². The predicted octanol–water partition coefficient (Wildman–Crippen LogP) is 3.22. The van der Waals surface area contributed by atoms with Gasteiger partial charge in [-0.2, -0.15) is 0 Å². The summed E-state index contributed by atoms with van der Waals surface area (Å²) in [7, 11) is 0. The smallest absolute Gasteiger partial charge is 0.233 e. The number of aryl methyl sites for hydroxylation is 2. The quantitative estimate of drug-likeness (QED) is 0.536. The summed E-state index contributed by atoms with van der Waals surface area (Å²) >= 11 is 1.62. The SMILES string of the molecule is Cc1ccc(-n2cnnc2SCc2cn3cccnc3n2)c(C)c1. The Balaban J connectivity index is 1.58. The third-order valence-electron chi connectivity index (χ3n) is 3.76. The van der Waals surface area contributed by atoms with Gasteiger partial charge < -0.3 is 0 Å². The lowest BCUT2D eigenvalue weighted by molar-refractivity contribution is 0.877. The van der Waals surface area contributed by atoms with Crippen molar-refractivity contribution in [2.24, 2.45) is 0 Å². The maximum Gasteiger partial charge on any atom is 0.233 e. The molecule has 120 valence electrons. The van der Waals surface area contributed by atoms with Gasteiger partial charge in [-0.25, -0.2) is 9.97 Å². The maximum absolute atomic E-state index is 4.52. The molecule has 7 heteroatoms. The highest BCUT2D eigenvalue weighted by Gasteiger charge is 2.11. The van der Waals surface area contributed by atoms with E-state index >= 15 is 0 Å². The maximum atomic E-state index is 4.52. The number of rotatable bonds is 4. The largest absolute Gasteiger partial charge is 0.291 e. The number of benzene rings is 1. The highest BCUT2D eigenvalue weighted by molar-refractivity contribution is 7.98. The van der Waals surface area contributed by atoms with E-state index in [0.717, 1.165) is 16.5 Å². The molecule has 0 N–H and O–H groups in total. The zero-order chi connectivity index (χ0) is 16.5. The molecule has 0 saturated carbocycles. The van der Waals surface area contributed by atoms with Gasteiger partial charge in [-0.1, -0.05) is 29.5 Å². The van der Waals surface area contributed by atoms with Gasteiger partial charge in [0.15, 0.2) is 5.16 Å². The summed E-state index contributed by atoms with van der Waals surface area (Å²) < 4.78 is 3.94. The Hall–Kier alpha value is -2.67. The second-order valence-corrected chi connectivity index (χ2v) is 6.56. The van der Waals surface area contributed by atoms with E-state index in [9.17, 15) is 0 Å². The first-order chi connectivity index (χ1) is 11.7. The van der Waals surface area contributed by atoms with Gasteiger partial charge in [0.25, 0.3) is 0 Å². The standard InChI is InChI=1S/C17H16N6S/c1-12-4-5-15(13(2)8-12)23-11-19-21-17(23)24-10-14-9-22-7-3-6-18-16(22)20-14/h3-9,11H,10H2,1-2H3. The first-order valence-electron chi connectivity index (χ1n) is 7.60. The fourth-order valence-electron chi connectivity index (χ4n) is 2.65. The van der Waals surface area contributed by atoms with Crippen LogP contribution < -0.4 is 0 Å². The topological polar surface area (TPSA) is 60.9 Å². The van der Waals surface area contributed by atoms with Crippen LogP contribution in [-0.4, -0.2) is 29.1 Å². The Morgan fingerprint density at radius 3 is 2.96 bits per heavy atom. The van der Waals surface area contributed by atoms with Gasteiger partial charge in [0.1, 0.15) is 6.33 Å². The zero-order valence-corrected chi connectivity index (χ0v) is 14.2. The lowest BCUT2D eigenvalue weighted by atomic mass is 10.1. The zero-order valence-electron chi connectivity index (χ0n) is 13.4. The summed E-state index contributed by atoms with van der Waals surface area (Å²) in [4.78, 5) is 8.76. The minimum absolute atomic E-state index is 0.712. The highest BCUT2D eigenvalue weighted by atomic mass is 32.2. The van der Waals surface area contributed by atoms with Crippen LogP contribution in [-0.2, 0) is 5.75 Å². The summed E-state index contributed by atoms with van der Waals surface area (Å²) in [5, 5.41) is 9.18. The third-order valence-corrected chi connectivity index (χ3v) is 4.74. The van der Waals surface area contributed by atoms with E-state index in [0.29, 0.717) is 11.5 Å². The molecule has 0 aliphatic heterocycles. The minimum Gasteiger partial charge on any atom is -0.291 e. The summed E-state index contributed by atoms with van der Waals surface area (Å²) in [5.41, 5.74) is 4.52. The van der Waals surface area contributed by atoms with Gasteiger partial charge in [0, 0.05) is 24.3 Å². The lowest BCUT2D eigenvalue weighted by Gasteiger charge is -2.09. The number of nitrogens with zero attached hydrogens (tertiary/aromatic N) is 6. The minimum atomic E-state index is 0.712. The van der Waals surface area contributed by atoms with Crippen LogP contribution in [0.2, 0.25) is 0 Å². The number of thioether (sulfide) groups is 1. The molecule has 6 nitrogen and oxygen atoms in total. The second kappa shape index (κ2) is 6.09. The van der Waals surface area contributed by atoms with Gasteiger partial charge in [-0.15, -0.1) is 10.2 Å². The van der Waals surface area contributed by atoms with Crippen molar-refractivity contribution in [3.63, 3.8) is 0 Å². The number of hydrogen-bond donors (Lipinski definition) is 0. The molecule has 0 atom stereocenters. The van der Waals surface area contributed by atoms with Crippen LogP contribution >= 0.6 is 11.8 Å². The molecule has 0 aliphatic rings.